The minimum Gasteiger partial charge on any atom is -0.494 e. The Kier molecular flexibility index (Phi) is 21.1. The molecule has 5 heteroatoms. The van der Waals surface area contributed by atoms with Crippen LogP contribution in [0.15, 0.2) is 54.6 Å². The molecule has 0 atom stereocenters. The zero-order valence-corrected chi connectivity index (χ0v) is 25.9. The van der Waals surface area contributed by atoms with Crippen molar-refractivity contribution in [1.82, 2.24) is 0 Å². The summed E-state index contributed by atoms with van der Waals surface area (Å²) < 4.78 is 11.7. The van der Waals surface area contributed by atoms with Gasteiger partial charge in [0.1, 0.15) is 11.5 Å². The minimum atomic E-state index is -0.0246. The van der Waals surface area contributed by atoms with Crippen molar-refractivity contribution in [3.05, 3.63) is 65.7 Å². The molecule has 0 saturated carbocycles. The molecule has 0 amide bonds. The van der Waals surface area contributed by atoms with Crippen LogP contribution in [0.3, 0.4) is 0 Å². The molecular weight excluding hydrogens is 524 g/mol. The molecule has 0 aliphatic carbocycles. The molecule has 0 spiro atoms. The Balaban J connectivity index is 1.54. The first kappa shape index (κ1) is 35.6. The zero-order valence-electron chi connectivity index (χ0n) is 25.9. The van der Waals surface area contributed by atoms with Gasteiger partial charge in [-0.2, -0.15) is 0 Å². The van der Waals surface area contributed by atoms with Gasteiger partial charge >= 0.3 is 0 Å². The molecule has 0 aliphatic rings. The number of ether oxygens (including phenoxy) is 2. The average molecular weight is 581 g/mol. The third-order valence-electron chi connectivity index (χ3n) is 7.59. The van der Waals surface area contributed by atoms with Crippen LogP contribution in [0.2, 0.25) is 0 Å². The van der Waals surface area contributed by atoms with E-state index in [0.29, 0.717) is 25.4 Å². The zero-order chi connectivity index (χ0) is 29.9. The van der Waals surface area contributed by atoms with E-state index in [1.54, 1.807) is 6.08 Å². The Bertz CT molecular complexity index is 936. The van der Waals surface area contributed by atoms with Crippen LogP contribution in [0.1, 0.15) is 131 Å². The van der Waals surface area contributed by atoms with E-state index >= 15 is 0 Å². The number of rotatable bonds is 27. The van der Waals surface area contributed by atoms with Gasteiger partial charge < -0.3 is 19.7 Å². The van der Waals surface area contributed by atoms with Gasteiger partial charge in [-0.1, -0.05) is 108 Å². The van der Waals surface area contributed by atoms with Gasteiger partial charge in [0.2, 0.25) is 0 Å². The van der Waals surface area contributed by atoms with Gasteiger partial charge in [-0.15, -0.1) is 0 Å². The number of aliphatic hydroxyl groups excluding tert-OH is 2. The monoisotopic (exact) mass is 580 g/mol. The smallest absolute Gasteiger partial charge is 0.185 e. The lowest BCUT2D eigenvalue weighted by Gasteiger charge is -2.07. The number of aliphatic hydroxyl groups is 2. The molecule has 2 aromatic rings. The summed E-state index contributed by atoms with van der Waals surface area (Å²) in [7, 11) is 0. The first-order valence-electron chi connectivity index (χ1n) is 16.6. The van der Waals surface area contributed by atoms with Crippen molar-refractivity contribution >= 4 is 11.9 Å². The summed E-state index contributed by atoms with van der Waals surface area (Å²) in [5.41, 5.74) is 1.62. The Morgan fingerprint density at radius 2 is 0.857 bits per heavy atom. The Morgan fingerprint density at radius 1 is 0.500 bits per heavy atom. The van der Waals surface area contributed by atoms with E-state index in [1.165, 1.54) is 77.0 Å². The molecular formula is C37H56O5. The third-order valence-corrected chi connectivity index (χ3v) is 7.59. The van der Waals surface area contributed by atoms with Crippen molar-refractivity contribution in [2.24, 2.45) is 0 Å². The Hall–Kier alpha value is -2.63. The lowest BCUT2D eigenvalue weighted by molar-refractivity contribution is 0.104. The average Bonchev–Trinajstić information content (AvgIpc) is 3.02. The van der Waals surface area contributed by atoms with Crippen molar-refractivity contribution in [1.29, 1.82) is 0 Å². The number of hydrogen-bond acceptors (Lipinski definition) is 5. The van der Waals surface area contributed by atoms with E-state index < -0.39 is 0 Å². The number of hydrogen-bond donors (Lipinski definition) is 2. The number of ketones is 1. The second kappa shape index (κ2) is 24.9. The van der Waals surface area contributed by atoms with Crippen molar-refractivity contribution in [2.45, 2.75) is 116 Å². The molecule has 234 valence electrons. The van der Waals surface area contributed by atoms with E-state index in [9.17, 15) is 4.79 Å². The predicted molar refractivity (Wildman–Crippen MR) is 175 cm³/mol. The fourth-order valence-corrected chi connectivity index (χ4v) is 4.94. The molecule has 2 N–H and O–H groups in total. The first-order chi connectivity index (χ1) is 20.7. The highest BCUT2D eigenvalue weighted by Crippen LogP contribution is 2.17. The minimum absolute atomic E-state index is 0.0246. The van der Waals surface area contributed by atoms with Crippen LogP contribution in [0.25, 0.3) is 6.08 Å². The number of benzene rings is 2. The van der Waals surface area contributed by atoms with Crippen molar-refractivity contribution in [2.75, 3.05) is 26.4 Å². The molecule has 0 fully saturated rings. The molecule has 0 radical (unpaired) electrons. The van der Waals surface area contributed by atoms with E-state index in [4.69, 9.17) is 19.7 Å². The largest absolute Gasteiger partial charge is 0.494 e. The molecule has 0 heterocycles. The topological polar surface area (TPSA) is 76.0 Å². The maximum atomic E-state index is 12.6. The lowest BCUT2D eigenvalue weighted by Crippen LogP contribution is -1.99. The summed E-state index contributed by atoms with van der Waals surface area (Å²) in [5.74, 6) is 1.65. The summed E-state index contributed by atoms with van der Waals surface area (Å²) >= 11 is 0. The fourth-order valence-electron chi connectivity index (χ4n) is 4.94. The van der Waals surface area contributed by atoms with Crippen LogP contribution in [0.4, 0.5) is 0 Å². The van der Waals surface area contributed by atoms with E-state index in [2.05, 4.69) is 0 Å². The SMILES string of the molecule is O=C(C=Cc1ccc(OCCCCCCCCCCCO)cc1)c1ccc(OCCCCCCCCCCCO)cc1. The molecule has 42 heavy (non-hydrogen) atoms. The van der Waals surface area contributed by atoms with Crippen molar-refractivity contribution in [3.8, 4) is 11.5 Å². The third kappa shape index (κ3) is 18.0. The number of unbranched alkanes of at least 4 members (excludes halogenated alkanes) is 16. The van der Waals surface area contributed by atoms with E-state index in [1.807, 2.05) is 54.6 Å². The molecule has 2 aromatic carbocycles. The summed E-state index contributed by atoms with van der Waals surface area (Å²) in [5, 5.41) is 17.6. The number of carbonyl (C=O) groups excluding carboxylic acids is 1. The predicted octanol–water partition coefficient (Wildman–Crippen LogP) is 9.35. The van der Waals surface area contributed by atoms with E-state index in [-0.39, 0.29) is 5.78 Å². The lowest BCUT2D eigenvalue weighted by atomic mass is 10.1. The van der Waals surface area contributed by atoms with Crippen LogP contribution in [0.5, 0.6) is 11.5 Å². The van der Waals surface area contributed by atoms with Gasteiger partial charge in [0.05, 0.1) is 13.2 Å². The molecule has 0 unspecified atom stereocenters. The van der Waals surface area contributed by atoms with Gasteiger partial charge in [-0.25, -0.2) is 0 Å². The second-order valence-corrected chi connectivity index (χ2v) is 11.3. The van der Waals surface area contributed by atoms with Gasteiger partial charge in [0.15, 0.2) is 5.78 Å². The first-order valence-corrected chi connectivity index (χ1v) is 16.6. The molecule has 5 nitrogen and oxygen atoms in total. The second-order valence-electron chi connectivity index (χ2n) is 11.3. The summed E-state index contributed by atoms with van der Waals surface area (Å²) in [4.78, 5) is 12.6. The molecule has 0 bridgehead atoms. The van der Waals surface area contributed by atoms with Crippen LogP contribution in [-0.2, 0) is 0 Å². The van der Waals surface area contributed by atoms with Crippen molar-refractivity contribution in [3.63, 3.8) is 0 Å². The highest BCUT2D eigenvalue weighted by molar-refractivity contribution is 6.06. The van der Waals surface area contributed by atoms with Gasteiger partial charge in [0.25, 0.3) is 0 Å². The normalized spacial score (nSPS) is 11.3. The van der Waals surface area contributed by atoms with Gasteiger partial charge in [0, 0.05) is 18.8 Å². The Labute approximate surface area is 255 Å². The van der Waals surface area contributed by atoms with Crippen molar-refractivity contribution < 1.29 is 24.5 Å². The highest BCUT2D eigenvalue weighted by atomic mass is 16.5. The number of carbonyl (C=O) groups is 1. The fraction of sp³-hybridized carbons (Fsp3) is 0.595. The maximum absolute atomic E-state index is 12.6. The van der Waals surface area contributed by atoms with E-state index in [0.717, 1.165) is 62.2 Å². The molecule has 0 aliphatic heterocycles. The van der Waals surface area contributed by atoms with Crippen LogP contribution < -0.4 is 9.47 Å². The van der Waals surface area contributed by atoms with Crippen LogP contribution >= 0.6 is 0 Å². The Morgan fingerprint density at radius 3 is 1.26 bits per heavy atom. The summed E-state index contributed by atoms with van der Waals surface area (Å²) in [6, 6.07) is 15.3. The molecule has 2 rings (SSSR count). The maximum Gasteiger partial charge on any atom is 0.185 e. The number of allylic oxidation sites excluding steroid dienone is 1. The summed E-state index contributed by atoms with van der Waals surface area (Å²) in [6.45, 7) is 2.08. The van der Waals surface area contributed by atoms with Crippen LogP contribution in [-0.4, -0.2) is 42.4 Å². The van der Waals surface area contributed by atoms with Gasteiger partial charge in [-0.05, 0) is 73.7 Å². The molecule has 0 saturated heterocycles. The van der Waals surface area contributed by atoms with Crippen LogP contribution in [0, 0.1) is 0 Å². The quantitative estimate of drug-likeness (QED) is 0.0625. The summed E-state index contributed by atoms with van der Waals surface area (Å²) in [6.07, 6.45) is 24.8. The highest BCUT2D eigenvalue weighted by Gasteiger charge is 2.03. The van der Waals surface area contributed by atoms with Gasteiger partial charge in [-0.3, -0.25) is 4.79 Å². The molecule has 0 aromatic heterocycles. The standard InChI is InChI=1S/C37H56O5/c38-29-15-11-7-3-1-5-9-13-17-31-41-35-24-19-33(20-25-35)21-28-37(40)34-22-26-36(27-23-34)42-32-18-14-10-6-2-4-8-12-16-30-39/h19-28,38-39H,1-18,29-32H2.